The minimum absolute atomic E-state index is 0.00573. The third-order valence-electron chi connectivity index (χ3n) is 3.54. The van der Waals surface area contributed by atoms with Crippen molar-refractivity contribution in [2.45, 2.75) is 51.7 Å². The average Bonchev–Trinajstić information content (AvgIpc) is 2.97. The minimum Gasteiger partial charge on any atom is -0.444 e. The number of piperidine rings is 1. The standard InChI is InChI=1S/C16H24N2O3S/c1-16(2,3)21-15(20)18-8-5-4-6-13(18)10-17-14(19)12-7-9-22-11-12/h7,9,11,13H,4-6,8,10H2,1-3H3,(H,17,19)/t13-/m1/s1. The monoisotopic (exact) mass is 324 g/mol. The van der Waals surface area contributed by atoms with Crippen LogP contribution in [0.15, 0.2) is 16.8 Å². The molecule has 0 bridgehead atoms. The fourth-order valence-corrected chi connectivity index (χ4v) is 3.12. The van der Waals surface area contributed by atoms with Crippen LogP contribution in [0, 0.1) is 0 Å². The first kappa shape index (κ1) is 16.8. The Labute approximate surface area is 135 Å². The molecule has 1 atom stereocenters. The largest absolute Gasteiger partial charge is 0.444 e. The highest BCUT2D eigenvalue weighted by molar-refractivity contribution is 7.08. The van der Waals surface area contributed by atoms with E-state index in [9.17, 15) is 9.59 Å². The summed E-state index contributed by atoms with van der Waals surface area (Å²) in [5, 5.41) is 6.62. The molecule has 1 aliphatic rings. The smallest absolute Gasteiger partial charge is 0.410 e. The molecule has 1 aromatic rings. The Bertz CT molecular complexity index is 508. The summed E-state index contributed by atoms with van der Waals surface area (Å²) in [5.41, 5.74) is 0.170. The molecule has 2 amide bonds. The highest BCUT2D eigenvalue weighted by atomic mass is 32.1. The maximum Gasteiger partial charge on any atom is 0.410 e. The van der Waals surface area contributed by atoms with E-state index in [0.717, 1.165) is 19.3 Å². The average molecular weight is 324 g/mol. The van der Waals surface area contributed by atoms with E-state index >= 15 is 0 Å². The third kappa shape index (κ3) is 4.73. The molecule has 122 valence electrons. The quantitative estimate of drug-likeness (QED) is 0.928. The van der Waals surface area contributed by atoms with E-state index in [1.54, 1.807) is 11.0 Å². The molecule has 0 spiro atoms. The van der Waals surface area contributed by atoms with Crippen LogP contribution < -0.4 is 5.32 Å². The number of nitrogens with one attached hydrogen (secondary N) is 1. The maximum atomic E-state index is 12.3. The van der Waals surface area contributed by atoms with Crippen molar-refractivity contribution in [1.29, 1.82) is 0 Å². The Balaban J connectivity index is 1.92. The summed E-state index contributed by atoms with van der Waals surface area (Å²) in [6.45, 7) is 6.74. The molecule has 0 aliphatic carbocycles. The van der Waals surface area contributed by atoms with Crippen LogP contribution >= 0.6 is 11.3 Å². The number of ether oxygens (including phenoxy) is 1. The Morgan fingerprint density at radius 3 is 2.82 bits per heavy atom. The van der Waals surface area contributed by atoms with Gasteiger partial charge < -0.3 is 15.0 Å². The molecule has 1 N–H and O–H groups in total. The highest BCUT2D eigenvalue weighted by Gasteiger charge is 2.30. The van der Waals surface area contributed by atoms with E-state index < -0.39 is 5.60 Å². The molecule has 6 heteroatoms. The number of carbonyl (C=O) groups excluding carboxylic acids is 2. The van der Waals surface area contributed by atoms with Crippen LogP contribution in [0.2, 0.25) is 0 Å². The molecule has 1 aromatic heterocycles. The molecule has 0 unspecified atom stereocenters. The molecular formula is C16H24N2O3S. The Morgan fingerprint density at radius 2 is 2.18 bits per heavy atom. The summed E-state index contributed by atoms with van der Waals surface area (Å²) in [7, 11) is 0. The lowest BCUT2D eigenvalue weighted by atomic mass is 10.0. The van der Waals surface area contributed by atoms with E-state index in [4.69, 9.17) is 4.74 Å². The van der Waals surface area contributed by atoms with Gasteiger partial charge in [-0.25, -0.2) is 4.79 Å². The second-order valence-corrected chi connectivity index (χ2v) is 7.33. The van der Waals surface area contributed by atoms with Gasteiger partial charge in [-0.2, -0.15) is 11.3 Å². The number of amides is 2. The van der Waals surface area contributed by atoms with Gasteiger partial charge in [0.05, 0.1) is 6.04 Å². The van der Waals surface area contributed by atoms with Crippen molar-refractivity contribution in [2.24, 2.45) is 0 Å². The number of hydrogen-bond donors (Lipinski definition) is 1. The fraction of sp³-hybridized carbons (Fsp3) is 0.625. The molecule has 0 aromatic carbocycles. The normalized spacial score (nSPS) is 18.9. The van der Waals surface area contributed by atoms with Gasteiger partial charge in [0.1, 0.15) is 5.60 Å². The lowest BCUT2D eigenvalue weighted by Crippen LogP contribution is -2.50. The number of likely N-dealkylation sites (tertiary alicyclic amines) is 1. The van der Waals surface area contributed by atoms with Gasteiger partial charge in [-0.3, -0.25) is 4.79 Å². The zero-order chi connectivity index (χ0) is 16.2. The second kappa shape index (κ2) is 7.13. The van der Waals surface area contributed by atoms with Crippen molar-refractivity contribution in [3.8, 4) is 0 Å². The number of nitrogens with zero attached hydrogens (tertiary/aromatic N) is 1. The summed E-state index contributed by atoms with van der Waals surface area (Å²) >= 11 is 1.50. The van der Waals surface area contributed by atoms with Crippen molar-refractivity contribution in [2.75, 3.05) is 13.1 Å². The number of rotatable bonds is 3. The molecule has 1 saturated heterocycles. The first-order chi connectivity index (χ1) is 10.4. The topological polar surface area (TPSA) is 58.6 Å². The summed E-state index contributed by atoms with van der Waals surface area (Å²) in [5.74, 6) is -0.0871. The zero-order valence-corrected chi connectivity index (χ0v) is 14.2. The SMILES string of the molecule is CC(C)(C)OC(=O)N1CCCC[C@@H]1CNC(=O)c1ccsc1. The van der Waals surface area contributed by atoms with Gasteiger partial charge >= 0.3 is 6.09 Å². The Hall–Kier alpha value is -1.56. The summed E-state index contributed by atoms with van der Waals surface area (Å²) < 4.78 is 5.46. The van der Waals surface area contributed by atoms with Gasteiger partial charge in [0.25, 0.3) is 5.91 Å². The van der Waals surface area contributed by atoms with Crippen LogP contribution in [-0.4, -0.2) is 41.6 Å². The van der Waals surface area contributed by atoms with Crippen LogP contribution in [0.3, 0.4) is 0 Å². The van der Waals surface area contributed by atoms with Crippen molar-refractivity contribution >= 4 is 23.3 Å². The summed E-state index contributed by atoms with van der Waals surface area (Å²) in [4.78, 5) is 26.1. The van der Waals surface area contributed by atoms with Crippen LogP contribution in [0.4, 0.5) is 4.79 Å². The predicted molar refractivity (Wildman–Crippen MR) is 87.2 cm³/mol. The highest BCUT2D eigenvalue weighted by Crippen LogP contribution is 2.20. The molecule has 22 heavy (non-hydrogen) atoms. The second-order valence-electron chi connectivity index (χ2n) is 6.55. The number of carbonyl (C=O) groups is 2. The Morgan fingerprint density at radius 1 is 1.41 bits per heavy atom. The summed E-state index contributed by atoms with van der Waals surface area (Å²) in [6.07, 6.45) is 2.65. The van der Waals surface area contributed by atoms with Crippen LogP contribution in [0.5, 0.6) is 0 Å². The zero-order valence-electron chi connectivity index (χ0n) is 13.4. The van der Waals surface area contributed by atoms with Crippen LogP contribution in [0.1, 0.15) is 50.4 Å². The van der Waals surface area contributed by atoms with Gasteiger partial charge in [-0.15, -0.1) is 0 Å². The molecule has 0 saturated carbocycles. The van der Waals surface area contributed by atoms with E-state index in [0.29, 0.717) is 18.7 Å². The van der Waals surface area contributed by atoms with E-state index in [1.165, 1.54) is 11.3 Å². The maximum absolute atomic E-state index is 12.3. The molecule has 2 heterocycles. The first-order valence-electron chi connectivity index (χ1n) is 7.67. The molecule has 1 fully saturated rings. The lowest BCUT2D eigenvalue weighted by Gasteiger charge is -2.36. The molecule has 0 radical (unpaired) electrons. The number of hydrogen-bond acceptors (Lipinski definition) is 4. The number of thiophene rings is 1. The molecular weight excluding hydrogens is 300 g/mol. The first-order valence-corrected chi connectivity index (χ1v) is 8.61. The minimum atomic E-state index is -0.501. The van der Waals surface area contributed by atoms with Crippen molar-refractivity contribution in [3.63, 3.8) is 0 Å². The summed E-state index contributed by atoms with van der Waals surface area (Å²) in [6, 6.07) is 1.80. The van der Waals surface area contributed by atoms with Crippen LogP contribution in [-0.2, 0) is 4.74 Å². The third-order valence-corrected chi connectivity index (χ3v) is 4.22. The van der Waals surface area contributed by atoms with Gasteiger partial charge in [0.15, 0.2) is 0 Å². The van der Waals surface area contributed by atoms with Gasteiger partial charge in [0.2, 0.25) is 0 Å². The van der Waals surface area contributed by atoms with Gasteiger partial charge in [0, 0.05) is 24.0 Å². The van der Waals surface area contributed by atoms with Crippen molar-refractivity contribution < 1.29 is 14.3 Å². The molecule has 5 nitrogen and oxygen atoms in total. The van der Waals surface area contributed by atoms with Crippen molar-refractivity contribution in [1.82, 2.24) is 10.2 Å². The molecule has 2 rings (SSSR count). The van der Waals surface area contributed by atoms with E-state index in [1.807, 2.05) is 31.5 Å². The molecule has 1 aliphatic heterocycles. The van der Waals surface area contributed by atoms with E-state index in [-0.39, 0.29) is 18.0 Å². The predicted octanol–water partition coefficient (Wildman–Crippen LogP) is 3.27. The van der Waals surface area contributed by atoms with E-state index in [2.05, 4.69) is 5.32 Å². The van der Waals surface area contributed by atoms with Gasteiger partial charge in [-0.1, -0.05) is 0 Å². The van der Waals surface area contributed by atoms with Crippen LogP contribution in [0.25, 0.3) is 0 Å². The Kier molecular flexibility index (Phi) is 5.45. The van der Waals surface area contributed by atoms with Crippen molar-refractivity contribution in [3.05, 3.63) is 22.4 Å². The lowest BCUT2D eigenvalue weighted by molar-refractivity contribution is 0.00986. The van der Waals surface area contributed by atoms with Gasteiger partial charge in [-0.05, 0) is 51.5 Å². The fourth-order valence-electron chi connectivity index (χ4n) is 2.48.